The van der Waals surface area contributed by atoms with Gasteiger partial charge in [-0.3, -0.25) is 0 Å². The van der Waals surface area contributed by atoms with E-state index in [9.17, 15) is 0 Å². The summed E-state index contributed by atoms with van der Waals surface area (Å²) in [6.07, 6.45) is 1.65. The summed E-state index contributed by atoms with van der Waals surface area (Å²) in [5.41, 5.74) is 11.3. The van der Waals surface area contributed by atoms with E-state index in [0.717, 1.165) is 22.5 Å². The Labute approximate surface area is 257 Å². The molecule has 1 aromatic heterocycles. The van der Waals surface area contributed by atoms with E-state index in [4.69, 9.17) is 0 Å². The van der Waals surface area contributed by atoms with E-state index in [1.165, 1.54) is 54.9 Å². The Morgan fingerprint density at radius 1 is 0.273 bits per heavy atom. The topological polar surface area (TPSA) is 25.8 Å². The zero-order valence-corrected chi connectivity index (χ0v) is 24.1. The Morgan fingerprint density at radius 2 is 0.682 bits per heavy atom. The van der Waals surface area contributed by atoms with Crippen LogP contribution in [0.25, 0.3) is 77.4 Å². The first-order chi connectivity index (χ1) is 21.8. The van der Waals surface area contributed by atoms with Crippen LogP contribution in [0.3, 0.4) is 0 Å². The third-order valence-electron chi connectivity index (χ3n) is 8.40. The van der Waals surface area contributed by atoms with Gasteiger partial charge in [-0.2, -0.15) is 0 Å². The average molecular weight is 561 g/mol. The van der Waals surface area contributed by atoms with Crippen molar-refractivity contribution in [1.29, 1.82) is 0 Å². The molecule has 7 aromatic carbocycles. The molecule has 2 nitrogen and oxygen atoms in total. The van der Waals surface area contributed by atoms with Crippen LogP contribution < -0.4 is 0 Å². The molecule has 0 fully saturated rings. The molecule has 0 saturated carbocycles. The Morgan fingerprint density at radius 3 is 1.25 bits per heavy atom. The van der Waals surface area contributed by atoms with Crippen LogP contribution in [0.4, 0.5) is 0 Å². The lowest BCUT2D eigenvalue weighted by molar-refractivity contribution is 1.18. The second-order valence-electron chi connectivity index (χ2n) is 11.0. The summed E-state index contributed by atoms with van der Waals surface area (Å²) < 4.78 is 0. The normalized spacial score (nSPS) is 11.2. The third-order valence-corrected chi connectivity index (χ3v) is 8.40. The van der Waals surface area contributed by atoms with Crippen LogP contribution in [-0.2, 0) is 0 Å². The first-order valence-corrected chi connectivity index (χ1v) is 14.9. The summed E-state index contributed by atoms with van der Waals surface area (Å²) >= 11 is 0. The first-order valence-electron chi connectivity index (χ1n) is 14.9. The molecule has 8 rings (SSSR count). The molecule has 0 amide bonds. The average Bonchev–Trinajstić information content (AvgIpc) is 3.11. The van der Waals surface area contributed by atoms with Crippen molar-refractivity contribution in [1.82, 2.24) is 9.97 Å². The van der Waals surface area contributed by atoms with Gasteiger partial charge in [0.15, 0.2) is 0 Å². The maximum atomic E-state index is 4.58. The highest BCUT2D eigenvalue weighted by Gasteiger charge is 2.17. The number of fused-ring (bicyclic) bond motifs is 2. The van der Waals surface area contributed by atoms with Gasteiger partial charge >= 0.3 is 0 Å². The predicted octanol–water partition coefficient (Wildman–Crippen LogP) is 11.1. The van der Waals surface area contributed by atoms with E-state index in [1.807, 2.05) is 18.2 Å². The predicted molar refractivity (Wildman–Crippen MR) is 184 cm³/mol. The van der Waals surface area contributed by atoms with Crippen molar-refractivity contribution in [3.8, 4) is 55.9 Å². The molecule has 2 heteroatoms. The summed E-state index contributed by atoms with van der Waals surface area (Å²) in [6, 6.07) is 58.3. The summed E-state index contributed by atoms with van der Waals surface area (Å²) in [5.74, 6) is 0. The van der Waals surface area contributed by atoms with E-state index in [1.54, 1.807) is 6.33 Å². The standard InChI is InChI=1S/C42H28N2/c1-4-12-30(13-5-1)39-27-40(44-28-43-39)31-22-20-29(21-23-31)34-24-25-37-38(26-34)42(33-16-8-3-9-17-33)36-19-11-10-18-35(36)41(37)32-14-6-2-7-15-32/h1-28H. The van der Waals surface area contributed by atoms with E-state index in [-0.39, 0.29) is 0 Å². The second-order valence-corrected chi connectivity index (χ2v) is 11.0. The maximum Gasteiger partial charge on any atom is 0.116 e. The van der Waals surface area contributed by atoms with Crippen molar-refractivity contribution in [2.24, 2.45) is 0 Å². The SMILES string of the molecule is c1ccc(-c2cc(-c3ccc(-c4ccc5c(-c6ccccc6)c6ccccc6c(-c6ccccc6)c5c4)cc3)ncn2)cc1. The summed E-state index contributed by atoms with van der Waals surface area (Å²) in [7, 11) is 0. The molecule has 1 heterocycles. The largest absolute Gasteiger partial charge is 0.236 e. The van der Waals surface area contributed by atoms with E-state index in [0.29, 0.717) is 0 Å². The highest BCUT2D eigenvalue weighted by atomic mass is 14.8. The molecule has 0 saturated heterocycles. The van der Waals surface area contributed by atoms with Crippen molar-refractivity contribution < 1.29 is 0 Å². The van der Waals surface area contributed by atoms with Gasteiger partial charge in [0.25, 0.3) is 0 Å². The number of hydrogen-bond donors (Lipinski definition) is 0. The zero-order valence-electron chi connectivity index (χ0n) is 24.1. The van der Waals surface area contributed by atoms with Crippen LogP contribution in [0.15, 0.2) is 170 Å². The minimum atomic E-state index is 0.911. The van der Waals surface area contributed by atoms with Gasteiger partial charge in [-0.15, -0.1) is 0 Å². The summed E-state index contributed by atoms with van der Waals surface area (Å²) in [6.45, 7) is 0. The Balaban J connectivity index is 1.29. The third kappa shape index (κ3) is 4.63. The lowest BCUT2D eigenvalue weighted by Crippen LogP contribution is -1.92. The molecule has 0 radical (unpaired) electrons. The van der Waals surface area contributed by atoms with Gasteiger partial charge in [-0.25, -0.2) is 9.97 Å². The smallest absolute Gasteiger partial charge is 0.116 e. The van der Waals surface area contributed by atoms with Gasteiger partial charge in [0, 0.05) is 11.1 Å². The Hall–Kier alpha value is -5.86. The highest BCUT2D eigenvalue weighted by molar-refractivity contribution is 6.21. The molecule has 0 aliphatic heterocycles. The van der Waals surface area contributed by atoms with Gasteiger partial charge in [-0.1, -0.05) is 152 Å². The molecule has 0 bridgehead atoms. The quantitative estimate of drug-likeness (QED) is 0.196. The monoisotopic (exact) mass is 560 g/mol. The molecule has 0 N–H and O–H groups in total. The fourth-order valence-corrected chi connectivity index (χ4v) is 6.30. The second kappa shape index (κ2) is 11.1. The molecule has 0 unspecified atom stereocenters. The molecular formula is C42H28N2. The molecule has 0 atom stereocenters. The van der Waals surface area contributed by atoms with Crippen LogP contribution in [-0.4, -0.2) is 9.97 Å². The van der Waals surface area contributed by atoms with E-state index >= 15 is 0 Å². The first kappa shape index (κ1) is 25.8. The van der Waals surface area contributed by atoms with Crippen LogP contribution >= 0.6 is 0 Å². The fraction of sp³-hybridized carbons (Fsp3) is 0. The zero-order chi connectivity index (χ0) is 29.3. The van der Waals surface area contributed by atoms with Crippen LogP contribution in [0.2, 0.25) is 0 Å². The van der Waals surface area contributed by atoms with Crippen molar-refractivity contribution in [3.63, 3.8) is 0 Å². The molecule has 0 aliphatic carbocycles. The van der Waals surface area contributed by atoms with Crippen molar-refractivity contribution in [3.05, 3.63) is 170 Å². The minimum absolute atomic E-state index is 0.911. The maximum absolute atomic E-state index is 4.58. The van der Waals surface area contributed by atoms with Gasteiger partial charge in [0.05, 0.1) is 11.4 Å². The summed E-state index contributed by atoms with van der Waals surface area (Å²) in [4.78, 5) is 9.08. The number of aromatic nitrogens is 2. The number of rotatable bonds is 5. The molecule has 0 aliphatic rings. The lowest BCUT2D eigenvalue weighted by atomic mass is 9.85. The molecule has 8 aromatic rings. The molecule has 206 valence electrons. The Bertz CT molecular complexity index is 2240. The number of hydrogen-bond acceptors (Lipinski definition) is 2. The van der Waals surface area contributed by atoms with Crippen molar-refractivity contribution >= 4 is 21.5 Å². The molecule has 44 heavy (non-hydrogen) atoms. The Kier molecular flexibility index (Phi) is 6.51. The number of benzene rings is 7. The van der Waals surface area contributed by atoms with Gasteiger partial charge in [0.2, 0.25) is 0 Å². The van der Waals surface area contributed by atoms with Crippen LogP contribution in [0, 0.1) is 0 Å². The lowest BCUT2D eigenvalue weighted by Gasteiger charge is -2.18. The van der Waals surface area contributed by atoms with E-state index in [2.05, 4.69) is 156 Å². The fourth-order valence-electron chi connectivity index (χ4n) is 6.30. The minimum Gasteiger partial charge on any atom is -0.236 e. The van der Waals surface area contributed by atoms with Gasteiger partial charge < -0.3 is 0 Å². The highest BCUT2D eigenvalue weighted by Crippen LogP contribution is 2.44. The van der Waals surface area contributed by atoms with Gasteiger partial charge in [-0.05, 0) is 67.1 Å². The van der Waals surface area contributed by atoms with Crippen molar-refractivity contribution in [2.75, 3.05) is 0 Å². The van der Waals surface area contributed by atoms with Crippen LogP contribution in [0.5, 0.6) is 0 Å². The van der Waals surface area contributed by atoms with Gasteiger partial charge in [0.1, 0.15) is 6.33 Å². The molecule has 0 spiro atoms. The molecular weight excluding hydrogens is 532 g/mol. The van der Waals surface area contributed by atoms with E-state index < -0.39 is 0 Å². The van der Waals surface area contributed by atoms with Crippen LogP contribution in [0.1, 0.15) is 0 Å². The summed E-state index contributed by atoms with van der Waals surface area (Å²) in [5, 5.41) is 5.03. The number of nitrogens with zero attached hydrogens (tertiary/aromatic N) is 2. The van der Waals surface area contributed by atoms with Crippen molar-refractivity contribution in [2.45, 2.75) is 0 Å².